The molecule has 0 aliphatic heterocycles. The van der Waals surface area contributed by atoms with Gasteiger partial charge in [0.2, 0.25) is 0 Å². The van der Waals surface area contributed by atoms with E-state index >= 15 is 0 Å². The fourth-order valence-electron chi connectivity index (χ4n) is 4.30. The van der Waals surface area contributed by atoms with Crippen molar-refractivity contribution < 1.29 is 0 Å². The van der Waals surface area contributed by atoms with Gasteiger partial charge in [0, 0.05) is 6.44 Å². The van der Waals surface area contributed by atoms with Crippen LogP contribution in [0.25, 0.3) is 0 Å². The molecule has 3 rings (SSSR count). The summed E-state index contributed by atoms with van der Waals surface area (Å²) < 4.78 is 2.17. The van der Waals surface area contributed by atoms with Gasteiger partial charge in [-0.05, 0) is 43.4 Å². The predicted octanol–water partition coefficient (Wildman–Crippen LogP) is 2.53. The SMILES string of the molecule is CBCn1nnc2c1CC[C@H]1[C@@H](CC2)[C@H]1CC(C)(C)BC. The van der Waals surface area contributed by atoms with Gasteiger partial charge in [-0.25, -0.2) is 0 Å². The van der Waals surface area contributed by atoms with Gasteiger partial charge in [0.25, 0.3) is 0 Å². The number of hydrogen-bond donors (Lipinski definition) is 0. The molecule has 0 unspecified atom stereocenters. The van der Waals surface area contributed by atoms with Crippen LogP contribution in [0.1, 0.15) is 44.5 Å². The third-order valence-corrected chi connectivity index (χ3v) is 6.04. The number of nitrogens with zero attached hydrogens (tertiary/aromatic N) is 3. The molecule has 114 valence electrons. The second-order valence-electron chi connectivity index (χ2n) is 8.00. The summed E-state index contributed by atoms with van der Waals surface area (Å²) >= 11 is 0. The number of fused-ring (bicyclic) bond motifs is 2. The van der Waals surface area contributed by atoms with Crippen LogP contribution in [-0.4, -0.2) is 29.6 Å². The molecule has 1 aromatic rings. The quantitative estimate of drug-likeness (QED) is 0.778. The maximum Gasteiger partial charge on any atom is 0.144 e. The summed E-state index contributed by atoms with van der Waals surface area (Å²) in [6.45, 7) is 9.43. The molecule has 2 aliphatic rings. The topological polar surface area (TPSA) is 30.7 Å². The molecule has 0 amide bonds. The van der Waals surface area contributed by atoms with Crippen molar-refractivity contribution in [3.05, 3.63) is 11.4 Å². The van der Waals surface area contributed by atoms with Crippen LogP contribution in [0, 0.1) is 17.8 Å². The van der Waals surface area contributed by atoms with Gasteiger partial charge < -0.3 is 0 Å². The minimum absolute atomic E-state index is 0.524. The summed E-state index contributed by atoms with van der Waals surface area (Å²) in [7, 11) is 2.45. The Kier molecular flexibility index (Phi) is 4.20. The number of hydrogen-bond acceptors (Lipinski definition) is 2. The molecule has 3 atom stereocenters. The third kappa shape index (κ3) is 3.07. The summed E-state index contributed by atoms with van der Waals surface area (Å²) in [4.78, 5) is 0. The third-order valence-electron chi connectivity index (χ3n) is 6.04. The van der Waals surface area contributed by atoms with E-state index in [4.69, 9.17) is 0 Å². The standard InChI is InChI=1S/C16H29B2N3/c1-16(2,18-4)9-13-11-5-7-14-15(8-6-12(11)13)21(10-17-3)20-19-14/h11-13,17-18H,5-10H2,1-4H3/t11-,12+,13-/m1/s1. The van der Waals surface area contributed by atoms with Crippen molar-refractivity contribution >= 4 is 14.6 Å². The van der Waals surface area contributed by atoms with Crippen molar-refractivity contribution in [3.8, 4) is 0 Å². The zero-order valence-electron chi connectivity index (χ0n) is 14.2. The number of aromatic nitrogens is 3. The van der Waals surface area contributed by atoms with E-state index in [0.717, 1.165) is 37.9 Å². The van der Waals surface area contributed by atoms with Gasteiger partial charge in [-0.15, -0.1) is 5.10 Å². The molecule has 0 aromatic carbocycles. The molecular formula is C16H29B2N3. The smallest absolute Gasteiger partial charge is 0.144 e. The molecule has 21 heavy (non-hydrogen) atoms. The summed E-state index contributed by atoms with van der Waals surface area (Å²) in [6.07, 6.45) is 7.51. The average Bonchev–Trinajstić information content (AvgIpc) is 2.90. The highest BCUT2D eigenvalue weighted by Gasteiger charge is 2.50. The lowest BCUT2D eigenvalue weighted by Crippen LogP contribution is -2.11. The van der Waals surface area contributed by atoms with Crippen molar-refractivity contribution in [3.63, 3.8) is 0 Å². The van der Waals surface area contributed by atoms with Crippen molar-refractivity contribution in [1.82, 2.24) is 15.0 Å². The van der Waals surface area contributed by atoms with Gasteiger partial charge in [0.1, 0.15) is 14.6 Å². The molecule has 0 spiro atoms. The Hall–Kier alpha value is -0.730. The Labute approximate surface area is 130 Å². The van der Waals surface area contributed by atoms with E-state index in [1.165, 1.54) is 44.4 Å². The molecule has 3 nitrogen and oxygen atoms in total. The Morgan fingerprint density at radius 3 is 2.57 bits per heavy atom. The second kappa shape index (κ2) is 5.81. The summed E-state index contributed by atoms with van der Waals surface area (Å²) in [5.74, 6) is 2.94. The number of rotatable bonds is 5. The molecule has 1 fully saturated rings. The molecule has 2 aliphatic carbocycles. The van der Waals surface area contributed by atoms with Crippen molar-refractivity contribution in [2.45, 2.75) is 71.4 Å². The van der Waals surface area contributed by atoms with Gasteiger partial charge in [-0.2, -0.15) is 0 Å². The predicted molar refractivity (Wildman–Crippen MR) is 91.8 cm³/mol. The summed E-state index contributed by atoms with van der Waals surface area (Å²) in [5, 5.41) is 9.35. The van der Waals surface area contributed by atoms with Gasteiger partial charge in [0.15, 0.2) is 0 Å². The van der Waals surface area contributed by atoms with Gasteiger partial charge in [0.05, 0.1) is 11.4 Å². The van der Waals surface area contributed by atoms with E-state index < -0.39 is 0 Å². The molecule has 0 radical (unpaired) electrons. The van der Waals surface area contributed by atoms with E-state index in [2.05, 4.69) is 42.5 Å². The first-order chi connectivity index (χ1) is 10.1. The zero-order valence-corrected chi connectivity index (χ0v) is 14.2. The van der Waals surface area contributed by atoms with E-state index in [-0.39, 0.29) is 0 Å². The lowest BCUT2D eigenvalue weighted by atomic mass is 9.54. The first-order valence-electron chi connectivity index (χ1n) is 8.97. The normalized spacial score (nSPS) is 28.1. The van der Waals surface area contributed by atoms with E-state index in [0.29, 0.717) is 5.31 Å². The van der Waals surface area contributed by atoms with Gasteiger partial charge >= 0.3 is 0 Å². The van der Waals surface area contributed by atoms with Gasteiger partial charge in [-0.3, -0.25) is 4.68 Å². The summed E-state index contributed by atoms with van der Waals surface area (Å²) in [6, 6.07) is 0. The molecule has 1 aromatic heterocycles. The van der Waals surface area contributed by atoms with Crippen LogP contribution in [-0.2, 0) is 19.3 Å². The van der Waals surface area contributed by atoms with Crippen LogP contribution in [0.15, 0.2) is 0 Å². The maximum atomic E-state index is 4.46. The fraction of sp³-hybridized carbons (Fsp3) is 0.875. The zero-order chi connectivity index (χ0) is 15.0. The Morgan fingerprint density at radius 1 is 1.19 bits per heavy atom. The van der Waals surface area contributed by atoms with E-state index in [9.17, 15) is 0 Å². The summed E-state index contributed by atoms with van der Waals surface area (Å²) in [5.41, 5.74) is 2.73. The van der Waals surface area contributed by atoms with Crippen LogP contribution < -0.4 is 0 Å². The molecule has 0 bridgehead atoms. The lowest BCUT2D eigenvalue weighted by molar-refractivity contribution is 0.505. The maximum absolute atomic E-state index is 4.46. The van der Waals surface area contributed by atoms with Gasteiger partial charge in [-0.1, -0.05) is 44.4 Å². The van der Waals surface area contributed by atoms with Crippen molar-refractivity contribution in [2.24, 2.45) is 17.8 Å². The Morgan fingerprint density at radius 2 is 1.90 bits per heavy atom. The molecule has 1 heterocycles. The van der Waals surface area contributed by atoms with Crippen molar-refractivity contribution in [2.75, 3.05) is 0 Å². The minimum Gasteiger partial charge on any atom is -0.257 e. The van der Waals surface area contributed by atoms with E-state index in [1.54, 1.807) is 0 Å². The highest BCUT2D eigenvalue weighted by molar-refractivity contribution is 6.37. The molecule has 1 saturated carbocycles. The van der Waals surface area contributed by atoms with Crippen molar-refractivity contribution in [1.29, 1.82) is 0 Å². The van der Waals surface area contributed by atoms with Crippen LogP contribution >= 0.6 is 0 Å². The van der Waals surface area contributed by atoms with Crippen LogP contribution in [0.2, 0.25) is 19.0 Å². The Bertz CT molecular complexity index is 498. The molecule has 0 N–H and O–H groups in total. The van der Waals surface area contributed by atoms with Crippen LogP contribution in [0.3, 0.4) is 0 Å². The van der Waals surface area contributed by atoms with E-state index in [1.807, 2.05) is 0 Å². The fourth-order valence-corrected chi connectivity index (χ4v) is 4.30. The second-order valence-corrected chi connectivity index (χ2v) is 8.00. The largest absolute Gasteiger partial charge is 0.257 e. The number of aryl methyl sites for hydroxylation is 1. The first-order valence-corrected chi connectivity index (χ1v) is 8.97. The molecular weight excluding hydrogens is 256 g/mol. The molecule has 0 saturated heterocycles. The van der Waals surface area contributed by atoms with Crippen LogP contribution in [0.5, 0.6) is 0 Å². The van der Waals surface area contributed by atoms with Crippen LogP contribution in [0.4, 0.5) is 0 Å². The highest BCUT2D eigenvalue weighted by Crippen LogP contribution is 2.58. The molecule has 5 heteroatoms. The first kappa shape index (κ1) is 15.2. The monoisotopic (exact) mass is 285 g/mol. The highest BCUT2D eigenvalue weighted by atomic mass is 15.4. The minimum atomic E-state index is 0.524. The lowest BCUT2D eigenvalue weighted by Gasteiger charge is -2.21. The average molecular weight is 285 g/mol. The Balaban J connectivity index is 1.66.